The zero-order chi connectivity index (χ0) is 11.7. The molecule has 1 fully saturated rings. The number of fused-ring (bicyclic) bond motifs is 1. The molecule has 2 nitrogen and oxygen atoms in total. The Balaban J connectivity index is 1.80. The SMILES string of the molecule is O=C(CN1CCCCc2ccccc21)C1CC1. The van der Waals surface area contributed by atoms with E-state index in [1.165, 1.54) is 24.1 Å². The number of benzene rings is 1. The Kier molecular flexibility index (Phi) is 2.87. The van der Waals surface area contributed by atoms with Crippen LogP contribution in [-0.2, 0) is 11.2 Å². The van der Waals surface area contributed by atoms with E-state index in [0.29, 0.717) is 18.2 Å². The van der Waals surface area contributed by atoms with Gasteiger partial charge in [0.05, 0.1) is 6.54 Å². The van der Waals surface area contributed by atoms with Crippen LogP contribution in [-0.4, -0.2) is 18.9 Å². The second kappa shape index (κ2) is 4.52. The Bertz CT molecular complexity index is 423. The molecule has 1 heterocycles. The first-order chi connectivity index (χ1) is 8.34. The Morgan fingerprint density at radius 1 is 1.24 bits per heavy atom. The molecule has 1 aromatic rings. The van der Waals surface area contributed by atoms with Crippen LogP contribution in [0.2, 0.25) is 0 Å². The van der Waals surface area contributed by atoms with E-state index in [-0.39, 0.29) is 0 Å². The molecule has 0 bridgehead atoms. The van der Waals surface area contributed by atoms with Crippen molar-refractivity contribution in [1.82, 2.24) is 0 Å². The standard InChI is InChI=1S/C15H19NO/c17-15(13-8-9-13)11-16-10-4-3-6-12-5-1-2-7-14(12)16/h1-2,5,7,13H,3-4,6,8-11H2. The molecule has 1 saturated carbocycles. The van der Waals surface area contributed by atoms with Gasteiger partial charge in [0.1, 0.15) is 0 Å². The summed E-state index contributed by atoms with van der Waals surface area (Å²) in [5.74, 6) is 0.826. The summed E-state index contributed by atoms with van der Waals surface area (Å²) in [7, 11) is 0. The summed E-state index contributed by atoms with van der Waals surface area (Å²) in [6.07, 6.45) is 5.84. The van der Waals surface area contributed by atoms with E-state index < -0.39 is 0 Å². The van der Waals surface area contributed by atoms with Crippen LogP contribution in [0, 0.1) is 5.92 Å². The summed E-state index contributed by atoms with van der Waals surface area (Å²) in [6.45, 7) is 1.66. The van der Waals surface area contributed by atoms with Crippen molar-refractivity contribution in [2.24, 2.45) is 5.92 Å². The molecule has 17 heavy (non-hydrogen) atoms. The average molecular weight is 229 g/mol. The minimum atomic E-state index is 0.380. The maximum atomic E-state index is 12.0. The summed E-state index contributed by atoms with van der Waals surface area (Å²) in [5, 5.41) is 0. The smallest absolute Gasteiger partial charge is 0.155 e. The number of rotatable bonds is 3. The number of para-hydroxylation sites is 1. The fraction of sp³-hybridized carbons (Fsp3) is 0.533. The van der Waals surface area contributed by atoms with Gasteiger partial charge in [-0.15, -0.1) is 0 Å². The maximum absolute atomic E-state index is 12.0. The highest BCUT2D eigenvalue weighted by Gasteiger charge is 2.31. The van der Waals surface area contributed by atoms with Gasteiger partial charge in [0.15, 0.2) is 5.78 Å². The number of carbonyl (C=O) groups is 1. The molecule has 90 valence electrons. The number of hydrogen-bond acceptors (Lipinski definition) is 2. The molecule has 0 unspecified atom stereocenters. The van der Waals surface area contributed by atoms with Gasteiger partial charge in [-0.3, -0.25) is 4.79 Å². The summed E-state index contributed by atoms with van der Waals surface area (Å²) < 4.78 is 0. The van der Waals surface area contributed by atoms with Crippen LogP contribution in [0.3, 0.4) is 0 Å². The van der Waals surface area contributed by atoms with Crippen LogP contribution in [0.15, 0.2) is 24.3 Å². The second-order valence-electron chi connectivity index (χ2n) is 5.25. The molecule has 0 radical (unpaired) electrons. The Hall–Kier alpha value is -1.31. The number of anilines is 1. The molecule has 1 aliphatic carbocycles. The largest absolute Gasteiger partial charge is 0.364 e. The zero-order valence-corrected chi connectivity index (χ0v) is 10.2. The molecule has 1 aromatic carbocycles. The molecular weight excluding hydrogens is 210 g/mol. The van der Waals surface area contributed by atoms with Crippen molar-refractivity contribution < 1.29 is 4.79 Å². The van der Waals surface area contributed by atoms with Gasteiger partial charge in [-0.25, -0.2) is 0 Å². The topological polar surface area (TPSA) is 20.3 Å². The van der Waals surface area contributed by atoms with Gasteiger partial charge in [0.2, 0.25) is 0 Å². The van der Waals surface area contributed by atoms with Crippen molar-refractivity contribution in [1.29, 1.82) is 0 Å². The van der Waals surface area contributed by atoms with E-state index >= 15 is 0 Å². The molecule has 2 aliphatic rings. The summed E-state index contributed by atoms with van der Waals surface area (Å²) in [4.78, 5) is 14.2. The third kappa shape index (κ3) is 2.36. The van der Waals surface area contributed by atoms with E-state index in [1.54, 1.807) is 0 Å². The monoisotopic (exact) mass is 229 g/mol. The van der Waals surface area contributed by atoms with Crippen molar-refractivity contribution >= 4 is 11.5 Å². The fourth-order valence-corrected chi connectivity index (χ4v) is 2.66. The van der Waals surface area contributed by atoms with Crippen molar-refractivity contribution in [2.45, 2.75) is 32.1 Å². The van der Waals surface area contributed by atoms with Gasteiger partial charge in [0, 0.05) is 18.2 Å². The Labute approximate surface area is 103 Å². The number of aryl methyl sites for hydroxylation is 1. The van der Waals surface area contributed by atoms with Crippen LogP contribution in [0.5, 0.6) is 0 Å². The molecular formula is C15H19NO. The fourth-order valence-electron chi connectivity index (χ4n) is 2.66. The Morgan fingerprint density at radius 3 is 2.88 bits per heavy atom. The maximum Gasteiger partial charge on any atom is 0.155 e. The lowest BCUT2D eigenvalue weighted by Crippen LogP contribution is -2.31. The highest BCUT2D eigenvalue weighted by atomic mass is 16.1. The van der Waals surface area contributed by atoms with Crippen molar-refractivity contribution in [3.05, 3.63) is 29.8 Å². The van der Waals surface area contributed by atoms with Crippen LogP contribution < -0.4 is 4.90 Å². The van der Waals surface area contributed by atoms with Crippen LogP contribution in [0.25, 0.3) is 0 Å². The molecule has 0 spiro atoms. The average Bonchev–Trinajstić information content (AvgIpc) is 3.16. The van der Waals surface area contributed by atoms with E-state index in [0.717, 1.165) is 25.8 Å². The van der Waals surface area contributed by atoms with E-state index in [1.807, 2.05) is 0 Å². The molecule has 0 amide bonds. The molecule has 0 aromatic heterocycles. The first-order valence-corrected chi connectivity index (χ1v) is 6.70. The molecule has 0 N–H and O–H groups in total. The zero-order valence-electron chi connectivity index (χ0n) is 10.2. The van der Waals surface area contributed by atoms with Crippen molar-refractivity contribution in [2.75, 3.05) is 18.0 Å². The molecule has 3 rings (SSSR count). The molecule has 1 aliphatic heterocycles. The quantitative estimate of drug-likeness (QED) is 0.794. The van der Waals surface area contributed by atoms with Crippen molar-refractivity contribution in [3.63, 3.8) is 0 Å². The number of hydrogen-bond donors (Lipinski definition) is 0. The predicted octanol–water partition coefficient (Wildman–Crippen LogP) is 2.81. The third-order valence-electron chi connectivity index (χ3n) is 3.84. The minimum absolute atomic E-state index is 0.380. The Morgan fingerprint density at radius 2 is 2.06 bits per heavy atom. The van der Waals surface area contributed by atoms with Gasteiger partial charge in [-0.2, -0.15) is 0 Å². The summed E-state index contributed by atoms with van der Waals surface area (Å²) in [6, 6.07) is 8.56. The third-order valence-corrected chi connectivity index (χ3v) is 3.84. The van der Waals surface area contributed by atoms with E-state index in [2.05, 4.69) is 29.2 Å². The van der Waals surface area contributed by atoms with E-state index in [4.69, 9.17) is 0 Å². The van der Waals surface area contributed by atoms with Gasteiger partial charge in [-0.05, 0) is 43.7 Å². The summed E-state index contributed by atoms with van der Waals surface area (Å²) >= 11 is 0. The van der Waals surface area contributed by atoms with Gasteiger partial charge >= 0.3 is 0 Å². The lowest BCUT2D eigenvalue weighted by Gasteiger charge is -2.24. The first kappa shape index (κ1) is 10.8. The molecule has 0 saturated heterocycles. The van der Waals surface area contributed by atoms with Gasteiger partial charge < -0.3 is 4.90 Å². The molecule has 0 atom stereocenters. The second-order valence-corrected chi connectivity index (χ2v) is 5.25. The van der Waals surface area contributed by atoms with Crippen LogP contribution in [0.4, 0.5) is 5.69 Å². The van der Waals surface area contributed by atoms with E-state index in [9.17, 15) is 4.79 Å². The number of carbonyl (C=O) groups excluding carboxylic acids is 1. The minimum Gasteiger partial charge on any atom is -0.364 e. The highest BCUT2D eigenvalue weighted by molar-refractivity contribution is 5.87. The predicted molar refractivity (Wildman–Crippen MR) is 69.3 cm³/mol. The normalized spacial score (nSPS) is 19.6. The lowest BCUT2D eigenvalue weighted by atomic mass is 10.1. The van der Waals surface area contributed by atoms with Crippen LogP contribution in [0.1, 0.15) is 31.2 Å². The van der Waals surface area contributed by atoms with Gasteiger partial charge in [0.25, 0.3) is 0 Å². The number of Topliss-reactive ketones (excluding diaryl/α,β-unsaturated/α-hetero) is 1. The lowest BCUT2D eigenvalue weighted by molar-refractivity contribution is -0.118. The summed E-state index contributed by atoms with van der Waals surface area (Å²) in [5.41, 5.74) is 2.70. The number of ketones is 1. The van der Waals surface area contributed by atoms with Crippen molar-refractivity contribution in [3.8, 4) is 0 Å². The van der Waals surface area contributed by atoms with Gasteiger partial charge in [-0.1, -0.05) is 18.2 Å². The first-order valence-electron chi connectivity index (χ1n) is 6.70. The number of nitrogens with zero attached hydrogens (tertiary/aromatic N) is 1. The molecule has 2 heteroatoms. The highest BCUT2D eigenvalue weighted by Crippen LogP contribution is 2.32. The van der Waals surface area contributed by atoms with Crippen LogP contribution >= 0.6 is 0 Å².